The molecule has 432 valence electrons. The van der Waals surface area contributed by atoms with E-state index in [1.807, 2.05) is 33.5 Å². The lowest BCUT2D eigenvalue weighted by molar-refractivity contribution is -0.668. The number of rotatable bonds is 27. The zero-order valence-corrected chi connectivity index (χ0v) is 44.7. The van der Waals surface area contributed by atoms with Crippen LogP contribution in [0.15, 0.2) is 61.1 Å². The van der Waals surface area contributed by atoms with Gasteiger partial charge in [-0.25, -0.2) is 14.5 Å². The summed E-state index contributed by atoms with van der Waals surface area (Å²) in [6, 6.07) is 14.4. The molecule has 8 rings (SSSR count). The molecule has 10 atom stereocenters. The van der Waals surface area contributed by atoms with Crippen molar-refractivity contribution in [1.29, 1.82) is 0 Å². The zero-order chi connectivity index (χ0) is 55.7. The van der Waals surface area contributed by atoms with E-state index in [2.05, 4.69) is 28.1 Å². The number of hydrogen-bond donors (Lipinski definition) is 9. The highest BCUT2D eigenvalue weighted by molar-refractivity contribution is 7.84. The second kappa shape index (κ2) is 27.3. The Labute approximate surface area is 456 Å². The summed E-state index contributed by atoms with van der Waals surface area (Å²) in [5, 5.41) is 67.3. The number of aliphatic hydroxyl groups is 4. The lowest BCUT2D eigenvalue weighted by atomic mass is 9.99. The van der Waals surface area contributed by atoms with Crippen molar-refractivity contribution >= 4 is 62.4 Å². The molecular weight excluding hydrogens is 1060 g/mol. The quantitative estimate of drug-likeness (QED) is 0.0164. The van der Waals surface area contributed by atoms with Crippen LogP contribution in [0.5, 0.6) is 5.75 Å². The van der Waals surface area contributed by atoms with E-state index in [0.29, 0.717) is 23.4 Å². The number of nitrogens with two attached hydrogens (primary N) is 1. The van der Waals surface area contributed by atoms with Crippen molar-refractivity contribution in [2.45, 2.75) is 107 Å². The van der Waals surface area contributed by atoms with E-state index < -0.39 is 64.9 Å². The maximum absolute atomic E-state index is 13.6. The van der Waals surface area contributed by atoms with E-state index in [-0.39, 0.29) is 146 Å². The number of ether oxygens (including phenoxy) is 5. The molecule has 2 aromatic carbocycles. The number of hydrogen-bond acceptors (Lipinski definition) is 19. The molecular formula is C52H70N8O18S. The lowest BCUT2D eigenvalue weighted by Gasteiger charge is -2.38. The van der Waals surface area contributed by atoms with Crippen LogP contribution in [-0.2, 0) is 70.4 Å². The van der Waals surface area contributed by atoms with E-state index in [1.165, 1.54) is 22.1 Å². The normalized spacial score (nSPS) is 24.8. The Morgan fingerprint density at radius 1 is 0.911 bits per heavy atom. The molecule has 0 spiro atoms. The number of likely N-dealkylation sites (tertiary alicyclic amines) is 1. The summed E-state index contributed by atoms with van der Waals surface area (Å²) in [5.74, 6) is -3.35. The molecule has 4 heterocycles. The van der Waals surface area contributed by atoms with Crippen LogP contribution < -0.4 is 30.4 Å². The van der Waals surface area contributed by atoms with Crippen LogP contribution in [0.2, 0.25) is 0 Å². The summed E-state index contributed by atoms with van der Waals surface area (Å²) in [6.45, 7) is 2.86. The Kier molecular flexibility index (Phi) is 20.9. The van der Waals surface area contributed by atoms with E-state index >= 15 is 0 Å². The number of amides is 4. The van der Waals surface area contributed by atoms with Crippen molar-refractivity contribution < 1.29 is 90.4 Å². The van der Waals surface area contributed by atoms with Gasteiger partial charge in [-0.05, 0) is 54.2 Å². The first-order valence-corrected chi connectivity index (χ1v) is 27.3. The van der Waals surface area contributed by atoms with E-state index in [9.17, 15) is 57.9 Å². The fourth-order valence-electron chi connectivity index (χ4n) is 10.1. The van der Waals surface area contributed by atoms with Crippen molar-refractivity contribution in [1.82, 2.24) is 19.8 Å². The monoisotopic (exact) mass is 1130 g/mol. The number of aromatic nitrogens is 3. The Bertz CT molecular complexity index is 2910. The van der Waals surface area contributed by atoms with Gasteiger partial charge in [0.2, 0.25) is 47.7 Å². The predicted molar refractivity (Wildman–Crippen MR) is 279 cm³/mol. The third-order valence-electron chi connectivity index (χ3n) is 14.2. The molecule has 10 N–H and O–H groups in total. The molecule has 2 aliphatic heterocycles. The predicted octanol–water partition coefficient (Wildman–Crippen LogP) is 0.00459. The fraction of sp³-hybridized carbons (Fsp3) is 0.538. The van der Waals surface area contributed by atoms with Gasteiger partial charge in [-0.1, -0.05) is 42.2 Å². The molecule has 4 aliphatic rings. The SMILES string of the molecule is CC1CC(=O)N(CCOCCOCCOCCC(=O)NCCC(=O)Nc2cc(C[n+]3cnc(N[C@@H]4CCc5ccccc54)c4ccn([C@H]5C[C@H](COS(N)(=O)=O)[C@H](O)C5)c43)ccc2O[C@@H]2O[C@H](C(=O)O)[C@@H](O)[C@H](O)[C@H]2O)C1=O.[CH3-]. The first-order valence-electron chi connectivity index (χ1n) is 25.8. The summed E-state index contributed by atoms with van der Waals surface area (Å²) in [4.78, 5) is 68.1. The zero-order valence-electron chi connectivity index (χ0n) is 43.9. The van der Waals surface area contributed by atoms with Gasteiger partial charge in [0.05, 0.1) is 89.4 Å². The van der Waals surface area contributed by atoms with Crippen LogP contribution in [0.25, 0.3) is 11.0 Å². The number of aliphatic hydroxyl groups excluding tert-OH is 4. The number of fused-ring (bicyclic) bond motifs is 2. The molecule has 2 saturated heterocycles. The number of carbonyl (C=O) groups excluding carboxylic acids is 4. The summed E-state index contributed by atoms with van der Waals surface area (Å²) in [6.07, 6.45) is -4.69. The molecule has 0 bridgehead atoms. The molecule has 3 fully saturated rings. The maximum atomic E-state index is 13.6. The summed E-state index contributed by atoms with van der Waals surface area (Å²) in [7, 11) is -4.25. The van der Waals surface area contributed by atoms with E-state index in [1.54, 1.807) is 25.4 Å². The molecule has 0 radical (unpaired) electrons. The van der Waals surface area contributed by atoms with Crippen LogP contribution in [-0.4, -0.2) is 174 Å². The highest BCUT2D eigenvalue weighted by Gasteiger charge is 2.48. The van der Waals surface area contributed by atoms with Gasteiger partial charge in [-0.15, -0.1) is 0 Å². The van der Waals surface area contributed by atoms with Gasteiger partial charge in [-0.2, -0.15) is 8.42 Å². The highest BCUT2D eigenvalue weighted by Crippen LogP contribution is 2.40. The minimum absolute atomic E-state index is 0. The average Bonchev–Trinajstić information content (AvgIpc) is 4.26. The van der Waals surface area contributed by atoms with Gasteiger partial charge in [0.15, 0.2) is 6.10 Å². The number of aliphatic carboxylic acids is 1. The molecule has 4 aromatic rings. The minimum atomic E-state index is -4.25. The largest absolute Gasteiger partial charge is 0.479 e. The minimum Gasteiger partial charge on any atom is -0.479 e. The Morgan fingerprint density at radius 3 is 2.37 bits per heavy atom. The molecule has 2 aliphatic carbocycles. The van der Waals surface area contributed by atoms with E-state index in [0.717, 1.165) is 18.2 Å². The number of nitrogens with one attached hydrogen (secondary N) is 3. The van der Waals surface area contributed by atoms with Crippen LogP contribution in [0.4, 0.5) is 11.5 Å². The highest BCUT2D eigenvalue weighted by atomic mass is 32.2. The van der Waals surface area contributed by atoms with Crippen molar-refractivity contribution in [3.8, 4) is 5.75 Å². The smallest absolute Gasteiger partial charge is 0.335 e. The lowest BCUT2D eigenvalue weighted by Crippen LogP contribution is -2.61. The van der Waals surface area contributed by atoms with Gasteiger partial charge < -0.3 is 72.6 Å². The second-order valence-corrected chi connectivity index (χ2v) is 21.0. The fourth-order valence-corrected chi connectivity index (χ4v) is 10.5. The number of imide groups is 1. The molecule has 1 unspecified atom stereocenters. The van der Waals surface area contributed by atoms with Crippen molar-refractivity contribution in [3.05, 3.63) is 85.2 Å². The van der Waals surface area contributed by atoms with Crippen LogP contribution in [0, 0.1) is 19.3 Å². The number of carboxylic acids is 1. The van der Waals surface area contributed by atoms with Gasteiger partial charge >= 0.3 is 16.3 Å². The van der Waals surface area contributed by atoms with Crippen molar-refractivity contribution in [3.63, 3.8) is 0 Å². The van der Waals surface area contributed by atoms with Gasteiger partial charge in [0.1, 0.15) is 29.4 Å². The van der Waals surface area contributed by atoms with E-state index in [4.69, 9.17) is 38.0 Å². The summed E-state index contributed by atoms with van der Waals surface area (Å²) < 4.78 is 59.8. The van der Waals surface area contributed by atoms with Crippen LogP contribution in [0.3, 0.4) is 0 Å². The number of carbonyl (C=O) groups is 5. The average molecular weight is 1130 g/mol. The van der Waals surface area contributed by atoms with Crippen LogP contribution in [0.1, 0.15) is 74.2 Å². The third-order valence-corrected chi connectivity index (χ3v) is 14.7. The number of anilines is 2. The maximum Gasteiger partial charge on any atom is 0.335 e. The van der Waals surface area contributed by atoms with Crippen molar-refractivity contribution in [2.75, 3.05) is 70.0 Å². The Balaban J connectivity index is 0.00000903. The summed E-state index contributed by atoms with van der Waals surface area (Å²) in [5.41, 5.74) is 3.71. The topological polar surface area (TPSA) is 363 Å². The number of carboxylic acid groups (broad SMARTS) is 1. The molecule has 26 nitrogen and oxygen atoms in total. The van der Waals surface area contributed by atoms with Gasteiger partial charge in [0, 0.05) is 44.1 Å². The molecule has 2 aromatic heterocycles. The second-order valence-electron chi connectivity index (χ2n) is 19.8. The number of nitrogens with zero attached hydrogens (tertiary/aromatic N) is 4. The molecule has 4 amide bonds. The molecule has 27 heteroatoms. The number of benzene rings is 2. The van der Waals surface area contributed by atoms with Crippen LogP contribution >= 0.6 is 0 Å². The first-order chi connectivity index (χ1) is 37.3. The first kappa shape index (κ1) is 60.4. The van der Waals surface area contributed by atoms with Crippen molar-refractivity contribution in [2.24, 2.45) is 17.0 Å². The molecule has 79 heavy (non-hydrogen) atoms. The summed E-state index contributed by atoms with van der Waals surface area (Å²) >= 11 is 0. The number of aryl methyl sites for hydroxylation is 1. The third kappa shape index (κ3) is 15.4. The molecule has 1 saturated carbocycles. The standard InChI is InChI=1S/C51H66N8O18S.CH3/c1-29-22-42(63)59(49(29)67)15-17-73-19-21-74-20-18-72-16-12-40(61)53-13-10-41(62)55-37-23-30(6-9-39(37)76-51-45(66)43(64)44(65)46(77-51)50(68)69)26-57-28-54-47(56-36-8-7-31-4-2-3-5-34(31)36)35-11-14-58(48(35)57)33-24-32(38(60)25-33)27-75-78(52,70)71;/h2-6,9,11,14,23,28-29,32-33,36,38,43-46,51,60,64-66H,7-8,10,12-13,15-22,24-27H2,1H3,(H5,52,53,55,61,62,68,69,70,71);1H3/q;-1/p+1/t29?,32-,33+,36-,38-,43+,44+,45-,46+,51-;/m1./s1. The van der Waals surface area contributed by atoms with Gasteiger partial charge in [0.25, 0.3) is 0 Å². The Morgan fingerprint density at radius 2 is 1.65 bits per heavy atom. The van der Waals surface area contributed by atoms with Gasteiger partial charge in [-0.3, -0.25) is 32.8 Å². The Hall–Kier alpha value is -6.24.